The molecule has 5 nitrogen and oxygen atoms in total. The molecule has 102 valence electrons. The summed E-state index contributed by atoms with van der Waals surface area (Å²) in [7, 11) is 0. The van der Waals surface area contributed by atoms with Crippen LogP contribution in [0, 0.1) is 5.82 Å². The fourth-order valence-electron chi connectivity index (χ4n) is 2.01. The number of fused-ring (bicyclic) bond motifs is 1. The van der Waals surface area contributed by atoms with E-state index in [1.165, 1.54) is 23.5 Å². The van der Waals surface area contributed by atoms with Gasteiger partial charge in [-0.05, 0) is 36.4 Å². The van der Waals surface area contributed by atoms with Crippen LogP contribution >= 0.6 is 11.3 Å². The van der Waals surface area contributed by atoms with Gasteiger partial charge in [-0.3, -0.25) is 4.98 Å². The summed E-state index contributed by atoms with van der Waals surface area (Å²) in [4.78, 5) is 4.68. The Morgan fingerprint density at radius 2 is 1.67 bits per heavy atom. The van der Waals surface area contributed by atoms with Gasteiger partial charge in [-0.15, -0.1) is 10.2 Å². The number of halogens is 1. The number of rotatable bonds is 2. The number of nitrogens with zero attached hydrogens (tertiary/aromatic N) is 5. The minimum atomic E-state index is -0.265. The van der Waals surface area contributed by atoms with E-state index in [2.05, 4.69) is 20.3 Å². The van der Waals surface area contributed by atoms with Crippen molar-refractivity contribution < 1.29 is 4.39 Å². The molecule has 0 aliphatic heterocycles. The number of benzene rings is 1. The normalized spacial score (nSPS) is 11.1. The molecule has 21 heavy (non-hydrogen) atoms. The molecule has 0 amide bonds. The summed E-state index contributed by atoms with van der Waals surface area (Å²) in [5, 5.41) is 13.6. The van der Waals surface area contributed by atoms with E-state index in [-0.39, 0.29) is 5.82 Å². The summed E-state index contributed by atoms with van der Waals surface area (Å²) in [6.07, 6.45) is 3.40. The lowest BCUT2D eigenvalue weighted by Gasteiger charge is -1.96. The second kappa shape index (κ2) is 4.71. The maximum atomic E-state index is 13.0. The van der Waals surface area contributed by atoms with Crippen LogP contribution in [0.15, 0.2) is 48.8 Å². The fraction of sp³-hybridized carbons (Fsp3) is 0. The Kier molecular flexibility index (Phi) is 2.71. The molecule has 3 heterocycles. The van der Waals surface area contributed by atoms with Crippen molar-refractivity contribution in [3.8, 4) is 22.0 Å². The highest BCUT2D eigenvalue weighted by molar-refractivity contribution is 7.19. The third-order valence-electron chi connectivity index (χ3n) is 3.02. The summed E-state index contributed by atoms with van der Waals surface area (Å²) in [5.74, 6) is 0.399. The maximum absolute atomic E-state index is 13.0. The van der Waals surface area contributed by atoms with Gasteiger partial charge in [0.15, 0.2) is 5.82 Å². The van der Waals surface area contributed by atoms with E-state index in [1.807, 2.05) is 12.1 Å². The molecule has 0 fully saturated rings. The van der Waals surface area contributed by atoms with E-state index in [9.17, 15) is 4.39 Å². The maximum Gasteiger partial charge on any atom is 0.235 e. The predicted molar refractivity (Wildman–Crippen MR) is 77.3 cm³/mol. The minimum Gasteiger partial charge on any atom is -0.265 e. The van der Waals surface area contributed by atoms with Gasteiger partial charge >= 0.3 is 0 Å². The van der Waals surface area contributed by atoms with E-state index in [0.717, 1.165) is 16.1 Å². The molecular formula is C14H8FN5S. The minimum absolute atomic E-state index is 0.265. The van der Waals surface area contributed by atoms with Crippen molar-refractivity contribution >= 4 is 16.3 Å². The van der Waals surface area contributed by atoms with Gasteiger partial charge in [-0.1, -0.05) is 11.3 Å². The van der Waals surface area contributed by atoms with Crippen LogP contribution in [0.3, 0.4) is 0 Å². The van der Waals surface area contributed by atoms with Gasteiger partial charge in [-0.2, -0.15) is 9.61 Å². The average Bonchev–Trinajstić information content (AvgIpc) is 3.09. The van der Waals surface area contributed by atoms with E-state index in [4.69, 9.17) is 0 Å². The van der Waals surface area contributed by atoms with E-state index < -0.39 is 0 Å². The van der Waals surface area contributed by atoms with Gasteiger partial charge in [0.1, 0.15) is 10.8 Å². The molecule has 3 aromatic heterocycles. The molecule has 0 N–H and O–H groups in total. The zero-order valence-corrected chi connectivity index (χ0v) is 11.5. The monoisotopic (exact) mass is 297 g/mol. The molecule has 0 bridgehead atoms. The number of hydrogen-bond acceptors (Lipinski definition) is 5. The van der Waals surface area contributed by atoms with Crippen molar-refractivity contribution in [3.05, 3.63) is 54.6 Å². The molecule has 1 aromatic carbocycles. The van der Waals surface area contributed by atoms with Crippen molar-refractivity contribution in [2.75, 3.05) is 0 Å². The van der Waals surface area contributed by atoms with Crippen LogP contribution in [0.4, 0.5) is 4.39 Å². The Bertz CT molecular complexity index is 898. The highest BCUT2D eigenvalue weighted by atomic mass is 32.1. The van der Waals surface area contributed by atoms with Gasteiger partial charge in [0, 0.05) is 23.5 Å². The molecule has 0 saturated carbocycles. The van der Waals surface area contributed by atoms with Gasteiger partial charge in [0.05, 0.1) is 0 Å². The van der Waals surface area contributed by atoms with Gasteiger partial charge in [-0.25, -0.2) is 4.39 Å². The first-order valence-corrected chi connectivity index (χ1v) is 7.01. The second-order valence-electron chi connectivity index (χ2n) is 4.37. The van der Waals surface area contributed by atoms with Crippen LogP contribution in [0.1, 0.15) is 0 Å². The van der Waals surface area contributed by atoms with Crippen LogP contribution in [0.25, 0.3) is 26.9 Å². The van der Waals surface area contributed by atoms with Crippen molar-refractivity contribution in [3.63, 3.8) is 0 Å². The highest BCUT2D eigenvalue weighted by Gasteiger charge is 2.14. The lowest BCUT2D eigenvalue weighted by atomic mass is 10.2. The molecular weight excluding hydrogens is 289 g/mol. The van der Waals surface area contributed by atoms with E-state index >= 15 is 0 Å². The second-order valence-corrected chi connectivity index (χ2v) is 5.32. The van der Waals surface area contributed by atoms with Crippen LogP contribution < -0.4 is 0 Å². The largest absolute Gasteiger partial charge is 0.265 e. The summed E-state index contributed by atoms with van der Waals surface area (Å²) in [6.45, 7) is 0. The fourth-order valence-corrected chi connectivity index (χ4v) is 2.85. The molecule has 0 saturated heterocycles. The lowest BCUT2D eigenvalue weighted by molar-refractivity contribution is 0.628. The van der Waals surface area contributed by atoms with Crippen LogP contribution in [0.5, 0.6) is 0 Å². The third kappa shape index (κ3) is 2.07. The van der Waals surface area contributed by atoms with Crippen molar-refractivity contribution in [2.45, 2.75) is 0 Å². The Hall–Kier alpha value is -2.67. The molecule has 0 atom stereocenters. The Morgan fingerprint density at radius 3 is 2.43 bits per heavy atom. The Balaban J connectivity index is 1.84. The first-order valence-electron chi connectivity index (χ1n) is 6.20. The topological polar surface area (TPSA) is 56.0 Å². The first-order chi connectivity index (χ1) is 10.3. The Morgan fingerprint density at radius 1 is 0.905 bits per heavy atom. The quantitative estimate of drug-likeness (QED) is 0.570. The molecule has 0 radical (unpaired) electrons. The number of hydrogen-bond donors (Lipinski definition) is 0. The molecule has 0 aliphatic rings. The van der Waals surface area contributed by atoms with Crippen LogP contribution in [-0.4, -0.2) is 24.8 Å². The van der Waals surface area contributed by atoms with Crippen molar-refractivity contribution in [2.24, 2.45) is 0 Å². The SMILES string of the molecule is Fc1ccc(-c2nn3c(-c4ccncc4)nnc3s2)cc1. The zero-order valence-electron chi connectivity index (χ0n) is 10.6. The molecule has 0 unspecified atom stereocenters. The standard InChI is InChI=1S/C14H8FN5S/c15-11-3-1-10(2-4-11)13-19-20-12(17-18-14(20)21-13)9-5-7-16-8-6-9/h1-8H. The summed E-state index contributed by atoms with van der Waals surface area (Å²) in [6, 6.07) is 9.95. The van der Waals surface area contributed by atoms with Gasteiger partial charge in [0.25, 0.3) is 0 Å². The highest BCUT2D eigenvalue weighted by Crippen LogP contribution is 2.27. The van der Waals surface area contributed by atoms with Crippen LogP contribution in [-0.2, 0) is 0 Å². The van der Waals surface area contributed by atoms with Gasteiger partial charge in [0.2, 0.25) is 4.96 Å². The predicted octanol–water partition coefficient (Wildman–Crippen LogP) is 3.05. The number of aromatic nitrogens is 5. The zero-order chi connectivity index (χ0) is 14.2. The molecule has 4 aromatic rings. The average molecular weight is 297 g/mol. The molecule has 0 aliphatic carbocycles. The summed E-state index contributed by atoms with van der Waals surface area (Å²) in [5.41, 5.74) is 1.75. The third-order valence-corrected chi connectivity index (χ3v) is 3.97. The van der Waals surface area contributed by atoms with E-state index in [0.29, 0.717) is 10.8 Å². The number of pyridine rings is 1. The molecule has 7 heteroatoms. The van der Waals surface area contributed by atoms with Gasteiger partial charge < -0.3 is 0 Å². The van der Waals surface area contributed by atoms with Crippen molar-refractivity contribution in [1.29, 1.82) is 0 Å². The Labute approximate surface area is 122 Å². The molecule has 0 spiro atoms. The smallest absolute Gasteiger partial charge is 0.235 e. The van der Waals surface area contributed by atoms with Crippen molar-refractivity contribution in [1.82, 2.24) is 24.8 Å². The van der Waals surface area contributed by atoms with Crippen LogP contribution in [0.2, 0.25) is 0 Å². The van der Waals surface area contributed by atoms with E-state index in [1.54, 1.807) is 29.0 Å². The molecule has 4 rings (SSSR count). The summed E-state index contributed by atoms with van der Waals surface area (Å²) >= 11 is 1.41. The first kappa shape index (κ1) is 12.1. The summed E-state index contributed by atoms with van der Waals surface area (Å²) < 4.78 is 14.7. The lowest BCUT2D eigenvalue weighted by Crippen LogP contribution is -1.91.